The van der Waals surface area contributed by atoms with Crippen LogP contribution in [0.2, 0.25) is 5.02 Å². The number of carbonyl (C=O) groups excluding carboxylic acids is 1. The molecule has 0 amide bonds. The van der Waals surface area contributed by atoms with Gasteiger partial charge in [-0.3, -0.25) is 4.79 Å². The number of hydrogen-bond donors (Lipinski definition) is 0. The highest BCUT2D eigenvalue weighted by molar-refractivity contribution is 14.1. The number of piperidine rings is 2. The fourth-order valence-corrected chi connectivity index (χ4v) is 4.21. The van der Waals surface area contributed by atoms with Crippen LogP contribution in [0.15, 0.2) is 18.2 Å². The first-order chi connectivity index (χ1) is 8.65. The van der Waals surface area contributed by atoms with Gasteiger partial charge in [0.1, 0.15) is 5.78 Å². The number of nitrogens with zero attached hydrogens (tertiary/aromatic N) is 1. The Labute approximate surface area is 126 Å². The van der Waals surface area contributed by atoms with E-state index in [9.17, 15) is 4.79 Å². The molecule has 2 aliphatic rings. The predicted molar refractivity (Wildman–Crippen MR) is 82.3 cm³/mol. The van der Waals surface area contributed by atoms with Crippen molar-refractivity contribution in [1.29, 1.82) is 0 Å². The lowest BCUT2D eigenvalue weighted by Crippen LogP contribution is -2.52. The predicted octanol–water partition coefficient (Wildman–Crippen LogP) is 4.04. The van der Waals surface area contributed by atoms with E-state index >= 15 is 0 Å². The molecule has 2 nitrogen and oxygen atoms in total. The van der Waals surface area contributed by atoms with Crippen LogP contribution in [0.4, 0.5) is 5.69 Å². The summed E-state index contributed by atoms with van der Waals surface area (Å²) in [5.74, 6) is 0.419. The molecule has 96 valence electrons. The van der Waals surface area contributed by atoms with Crippen LogP contribution in [0.3, 0.4) is 0 Å². The van der Waals surface area contributed by atoms with Crippen molar-refractivity contribution in [3.05, 3.63) is 26.8 Å². The lowest BCUT2D eigenvalue weighted by Gasteiger charge is -2.47. The zero-order chi connectivity index (χ0) is 12.7. The molecule has 18 heavy (non-hydrogen) atoms. The number of anilines is 1. The molecule has 2 aliphatic heterocycles. The average Bonchev–Trinajstić information content (AvgIpc) is 2.28. The van der Waals surface area contributed by atoms with Crippen molar-refractivity contribution in [2.45, 2.75) is 44.2 Å². The minimum atomic E-state index is 0.363. The van der Waals surface area contributed by atoms with Crippen LogP contribution in [0.5, 0.6) is 0 Å². The van der Waals surface area contributed by atoms with Gasteiger partial charge in [0, 0.05) is 28.5 Å². The van der Waals surface area contributed by atoms with Gasteiger partial charge in [-0.15, -0.1) is 0 Å². The third-order valence-electron chi connectivity index (χ3n) is 3.98. The van der Waals surface area contributed by atoms with Gasteiger partial charge in [0.2, 0.25) is 0 Å². The van der Waals surface area contributed by atoms with E-state index in [0.29, 0.717) is 30.7 Å². The van der Waals surface area contributed by atoms with Gasteiger partial charge < -0.3 is 4.90 Å². The topological polar surface area (TPSA) is 20.3 Å². The van der Waals surface area contributed by atoms with Crippen molar-refractivity contribution < 1.29 is 4.79 Å². The molecule has 2 saturated heterocycles. The smallest absolute Gasteiger partial charge is 0.137 e. The number of halogens is 2. The Balaban J connectivity index is 1.97. The fourth-order valence-electron chi connectivity index (χ4n) is 3.26. The van der Waals surface area contributed by atoms with Crippen molar-refractivity contribution in [2.24, 2.45) is 0 Å². The molecular formula is C14H15ClINO. The number of rotatable bonds is 1. The Morgan fingerprint density at radius 2 is 1.89 bits per heavy atom. The number of carbonyl (C=O) groups is 1. The van der Waals surface area contributed by atoms with Crippen LogP contribution in [0, 0.1) is 3.57 Å². The van der Waals surface area contributed by atoms with E-state index < -0.39 is 0 Å². The van der Waals surface area contributed by atoms with Crippen LogP contribution >= 0.6 is 34.2 Å². The maximum Gasteiger partial charge on any atom is 0.137 e. The quantitative estimate of drug-likeness (QED) is 0.691. The van der Waals surface area contributed by atoms with Gasteiger partial charge in [-0.1, -0.05) is 11.6 Å². The number of hydrogen-bond acceptors (Lipinski definition) is 2. The number of Topliss-reactive ketones (excluding diaryl/α,β-unsaturated/α-hetero) is 1. The average molecular weight is 376 g/mol. The van der Waals surface area contributed by atoms with E-state index in [2.05, 4.69) is 39.6 Å². The van der Waals surface area contributed by atoms with Gasteiger partial charge in [0.25, 0.3) is 0 Å². The van der Waals surface area contributed by atoms with Crippen molar-refractivity contribution in [1.82, 2.24) is 0 Å². The second-order valence-corrected chi connectivity index (χ2v) is 6.84. The molecule has 2 fully saturated rings. The molecule has 1 aromatic rings. The highest BCUT2D eigenvalue weighted by Crippen LogP contribution is 2.39. The van der Waals surface area contributed by atoms with Crippen LogP contribution in [-0.4, -0.2) is 17.9 Å². The van der Waals surface area contributed by atoms with E-state index in [-0.39, 0.29) is 0 Å². The van der Waals surface area contributed by atoms with Crippen LogP contribution in [-0.2, 0) is 4.79 Å². The summed E-state index contributed by atoms with van der Waals surface area (Å²) < 4.78 is 1.15. The van der Waals surface area contributed by atoms with E-state index in [1.165, 1.54) is 6.42 Å². The third kappa shape index (κ3) is 2.27. The maximum absolute atomic E-state index is 11.7. The lowest BCUT2D eigenvalue weighted by molar-refractivity contribution is -0.121. The number of ketones is 1. The summed E-state index contributed by atoms with van der Waals surface area (Å²) >= 11 is 8.65. The molecule has 4 heteroatoms. The lowest BCUT2D eigenvalue weighted by atomic mass is 9.83. The second-order valence-electron chi connectivity index (χ2n) is 5.19. The molecule has 0 saturated carbocycles. The van der Waals surface area contributed by atoms with Gasteiger partial charge in [0.15, 0.2) is 0 Å². The first kappa shape index (κ1) is 12.7. The summed E-state index contributed by atoms with van der Waals surface area (Å²) in [5.41, 5.74) is 1.11. The molecule has 2 atom stereocenters. The summed E-state index contributed by atoms with van der Waals surface area (Å²) in [6.07, 6.45) is 4.86. The normalized spacial score (nSPS) is 27.4. The molecule has 0 spiro atoms. The van der Waals surface area contributed by atoms with Gasteiger partial charge >= 0.3 is 0 Å². The second kappa shape index (κ2) is 5.00. The van der Waals surface area contributed by atoms with Gasteiger partial charge in [-0.25, -0.2) is 0 Å². The van der Waals surface area contributed by atoms with Crippen molar-refractivity contribution >= 4 is 45.7 Å². The molecule has 0 radical (unpaired) electrons. The molecule has 0 N–H and O–H groups in total. The summed E-state index contributed by atoms with van der Waals surface area (Å²) in [4.78, 5) is 14.1. The zero-order valence-electron chi connectivity index (χ0n) is 10.0. The summed E-state index contributed by atoms with van der Waals surface area (Å²) in [6.45, 7) is 0. The third-order valence-corrected chi connectivity index (χ3v) is 4.95. The van der Waals surface area contributed by atoms with Gasteiger partial charge in [-0.2, -0.15) is 0 Å². The molecule has 3 rings (SSSR count). The van der Waals surface area contributed by atoms with E-state index in [0.717, 1.165) is 27.1 Å². The summed E-state index contributed by atoms with van der Waals surface area (Å²) in [6, 6.07) is 6.92. The zero-order valence-corrected chi connectivity index (χ0v) is 12.9. The minimum absolute atomic E-state index is 0.363. The van der Waals surface area contributed by atoms with E-state index in [1.54, 1.807) is 0 Å². The Morgan fingerprint density at radius 1 is 1.22 bits per heavy atom. The van der Waals surface area contributed by atoms with Gasteiger partial charge in [0.05, 0.1) is 10.7 Å². The molecule has 2 unspecified atom stereocenters. The summed E-state index contributed by atoms with van der Waals surface area (Å²) in [5, 5.41) is 0.813. The standard InChI is InChI=1S/C14H15ClINO/c15-13-6-9(16)4-5-14(13)17-10-2-1-3-11(17)8-12(18)7-10/h4-6,10-11H,1-3,7-8H2. The molecule has 2 heterocycles. The summed E-state index contributed by atoms with van der Waals surface area (Å²) in [7, 11) is 0. The molecular weight excluding hydrogens is 361 g/mol. The largest absolute Gasteiger partial charge is 0.363 e. The Bertz CT molecular complexity index is 475. The van der Waals surface area contributed by atoms with Gasteiger partial charge in [-0.05, 0) is 60.1 Å². The number of fused-ring (bicyclic) bond motifs is 2. The van der Waals surface area contributed by atoms with Crippen LogP contribution in [0.1, 0.15) is 32.1 Å². The SMILES string of the molecule is O=C1CC2CCCC(C1)N2c1ccc(I)cc1Cl. The molecule has 1 aromatic carbocycles. The van der Waals surface area contributed by atoms with Crippen molar-refractivity contribution in [3.8, 4) is 0 Å². The Kier molecular flexibility index (Phi) is 3.54. The van der Waals surface area contributed by atoms with Crippen molar-refractivity contribution in [2.75, 3.05) is 4.90 Å². The fraction of sp³-hybridized carbons (Fsp3) is 0.500. The first-order valence-corrected chi connectivity index (χ1v) is 7.86. The highest BCUT2D eigenvalue weighted by atomic mass is 127. The highest BCUT2D eigenvalue weighted by Gasteiger charge is 2.38. The molecule has 0 aliphatic carbocycles. The number of benzene rings is 1. The first-order valence-electron chi connectivity index (χ1n) is 6.40. The molecule has 0 aromatic heterocycles. The maximum atomic E-state index is 11.7. The van der Waals surface area contributed by atoms with Crippen LogP contribution < -0.4 is 4.90 Å². The monoisotopic (exact) mass is 375 g/mol. The van der Waals surface area contributed by atoms with E-state index in [4.69, 9.17) is 11.6 Å². The van der Waals surface area contributed by atoms with Crippen LogP contribution in [0.25, 0.3) is 0 Å². The van der Waals surface area contributed by atoms with Crippen molar-refractivity contribution in [3.63, 3.8) is 0 Å². The Hall–Kier alpha value is -0.290. The minimum Gasteiger partial charge on any atom is -0.363 e. The molecule has 2 bridgehead atoms. The van der Waals surface area contributed by atoms with E-state index in [1.807, 2.05) is 6.07 Å². The Morgan fingerprint density at radius 3 is 2.50 bits per heavy atom.